The quantitative estimate of drug-likeness (QED) is 0.835. The minimum atomic E-state index is -1.17. The lowest BCUT2D eigenvalue weighted by atomic mass is 10.0. The summed E-state index contributed by atoms with van der Waals surface area (Å²) >= 11 is 0. The molecule has 0 fully saturated rings. The predicted octanol–water partition coefficient (Wildman–Crippen LogP) is 1.71. The molecule has 4 nitrogen and oxygen atoms in total. The number of hydrogen-bond acceptors (Lipinski definition) is 3. The van der Waals surface area contributed by atoms with Crippen molar-refractivity contribution in [2.24, 2.45) is 0 Å². The molecule has 0 bridgehead atoms. The van der Waals surface area contributed by atoms with Gasteiger partial charge in [-0.2, -0.15) is 0 Å². The van der Waals surface area contributed by atoms with Crippen LogP contribution in [0.1, 0.15) is 31.9 Å². The lowest BCUT2D eigenvalue weighted by Crippen LogP contribution is -2.38. The molecular formula is C13H17NO3. The molecule has 0 spiro atoms. The zero-order chi connectivity index (χ0) is 12.3. The van der Waals surface area contributed by atoms with Crippen LogP contribution in [0.3, 0.4) is 0 Å². The zero-order valence-electron chi connectivity index (χ0n) is 9.90. The van der Waals surface area contributed by atoms with Gasteiger partial charge in [0, 0.05) is 5.57 Å². The summed E-state index contributed by atoms with van der Waals surface area (Å²) in [4.78, 5) is 11.7. The molecule has 2 rings (SSSR count). The first-order chi connectivity index (χ1) is 8.09. The molecule has 1 amide bonds. The van der Waals surface area contributed by atoms with E-state index >= 15 is 0 Å². The van der Waals surface area contributed by atoms with E-state index in [2.05, 4.69) is 5.32 Å². The minimum Gasteiger partial charge on any atom is -0.466 e. The van der Waals surface area contributed by atoms with Crippen molar-refractivity contribution < 1.29 is 14.3 Å². The highest BCUT2D eigenvalue weighted by Gasteiger charge is 2.27. The highest BCUT2D eigenvalue weighted by atomic mass is 16.4. The molecule has 0 saturated carbocycles. The second kappa shape index (κ2) is 4.75. The van der Waals surface area contributed by atoms with Gasteiger partial charge < -0.3 is 14.8 Å². The lowest BCUT2D eigenvalue weighted by molar-refractivity contribution is -0.118. The van der Waals surface area contributed by atoms with E-state index in [-0.39, 0.29) is 12.5 Å². The second-order valence-electron chi connectivity index (χ2n) is 4.56. The number of rotatable bonds is 4. The summed E-state index contributed by atoms with van der Waals surface area (Å²) in [6, 6.07) is 3.41. The third-order valence-electron chi connectivity index (χ3n) is 2.98. The molecule has 1 aromatic rings. The molecule has 0 saturated heterocycles. The van der Waals surface area contributed by atoms with E-state index in [0.717, 1.165) is 24.8 Å². The minimum absolute atomic E-state index is 0.0886. The van der Waals surface area contributed by atoms with Crippen LogP contribution in [0.2, 0.25) is 0 Å². The maximum absolute atomic E-state index is 11.7. The Balaban J connectivity index is 1.91. The lowest BCUT2D eigenvalue weighted by Gasteiger charge is -2.21. The Morgan fingerprint density at radius 3 is 3.06 bits per heavy atom. The van der Waals surface area contributed by atoms with Crippen molar-refractivity contribution in [2.75, 3.05) is 6.54 Å². The Labute approximate surface area is 100 Å². The molecule has 1 heterocycles. The summed E-state index contributed by atoms with van der Waals surface area (Å²) < 4.78 is 5.14. The molecule has 2 N–H and O–H groups in total. The van der Waals surface area contributed by atoms with Gasteiger partial charge in [0.2, 0.25) is 5.91 Å². The van der Waals surface area contributed by atoms with Gasteiger partial charge in [0.25, 0.3) is 0 Å². The fraction of sp³-hybridized carbons (Fsp3) is 0.462. The molecule has 1 unspecified atom stereocenters. The molecule has 1 atom stereocenters. The number of carbonyl (C=O) groups excluding carboxylic acids is 1. The Kier molecular flexibility index (Phi) is 3.33. The van der Waals surface area contributed by atoms with Gasteiger partial charge in [0.05, 0.1) is 12.8 Å². The van der Waals surface area contributed by atoms with Crippen LogP contribution in [0, 0.1) is 0 Å². The first-order valence-corrected chi connectivity index (χ1v) is 5.83. The SMILES string of the molecule is CC(O)(CNC(=O)C1=CCCC1)c1ccco1. The molecule has 92 valence electrons. The third-order valence-corrected chi connectivity index (χ3v) is 2.98. The Morgan fingerprint density at radius 1 is 1.65 bits per heavy atom. The van der Waals surface area contributed by atoms with Gasteiger partial charge in [-0.15, -0.1) is 0 Å². The van der Waals surface area contributed by atoms with Gasteiger partial charge >= 0.3 is 0 Å². The maximum atomic E-state index is 11.7. The van der Waals surface area contributed by atoms with Crippen LogP contribution in [0.4, 0.5) is 0 Å². The number of hydrogen-bond donors (Lipinski definition) is 2. The van der Waals surface area contributed by atoms with Gasteiger partial charge in [0.1, 0.15) is 11.4 Å². The molecule has 0 aliphatic heterocycles. The third kappa shape index (κ3) is 2.77. The standard InChI is InChI=1S/C13H17NO3/c1-13(16,11-7-4-8-17-11)9-14-12(15)10-5-2-3-6-10/h4-5,7-8,16H,2-3,6,9H2,1H3,(H,14,15). The summed E-state index contributed by atoms with van der Waals surface area (Å²) in [6.07, 6.45) is 6.30. The molecule has 0 radical (unpaired) electrons. The number of furan rings is 1. The van der Waals surface area contributed by atoms with Crippen molar-refractivity contribution in [1.29, 1.82) is 0 Å². The number of allylic oxidation sites excluding steroid dienone is 1. The summed E-state index contributed by atoms with van der Waals surface area (Å²) in [7, 11) is 0. The Morgan fingerprint density at radius 2 is 2.47 bits per heavy atom. The van der Waals surface area contributed by atoms with Crippen LogP contribution in [0.15, 0.2) is 34.5 Å². The molecule has 4 heteroatoms. The van der Waals surface area contributed by atoms with Crippen LogP contribution in [-0.2, 0) is 10.4 Å². The van der Waals surface area contributed by atoms with Crippen LogP contribution >= 0.6 is 0 Å². The second-order valence-corrected chi connectivity index (χ2v) is 4.56. The van der Waals surface area contributed by atoms with Crippen LogP contribution in [-0.4, -0.2) is 17.6 Å². The van der Waals surface area contributed by atoms with Gasteiger partial charge in [-0.05, 0) is 38.3 Å². The summed E-state index contributed by atoms with van der Waals surface area (Å²) in [6.45, 7) is 1.77. The number of nitrogens with one attached hydrogen (secondary N) is 1. The van der Waals surface area contributed by atoms with Crippen molar-refractivity contribution in [3.05, 3.63) is 35.8 Å². The van der Waals surface area contributed by atoms with E-state index in [1.165, 1.54) is 6.26 Å². The Bertz CT molecular complexity index is 418. The van der Waals surface area contributed by atoms with E-state index in [1.807, 2.05) is 6.08 Å². The van der Waals surface area contributed by atoms with E-state index in [0.29, 0.717) is 5.76 Å². The van der Waals surface area contributed by atoms with Crippen LogP contribution in [0.5, 0.6) is 0 Å². The van der Waals surface area contributed by atoms with Gasteiger partial charge in [-0.3, -0.25) is 4.79 Å². The van der Waals surface area contributed by atoms with Gasteiger partial charge in [-0.25, -0.2) is 0 Å². The maximum Gasteiger partial charge on any atom is 0.246 e. The van der Waals surface area contributed by atoms with E-state index in [1.54, 1.807) is 19.1 Å². The smallest absolute Gasteiger partial charge is 0.246 e. The number of aliphatic hydroxyl groups is 1. The van der Waals surface area contributed by atoms with Crippen molar-refractivity contribution >= 4 is 5.91 Å². The number of carbonyl (C=O) groups is 1. The molecular weight excluding hydrogens is 218 g/mol. The largest absolute Gasteiger partial charge is 0.466 e. The van der Waals surface area contributed by atoms with Crippen molar-refractivity contribution in [2.45, 2.75) is 31.8 Å². The number of amides is 1. The molecule has 1 aliphatic rings. The van der Waals surface area contributed by atoms with Gasteiger partial charge in [0.15, 0.2) is 0 Å². The van der Waals surface area contributed by atoms with Crippen molar-refractivity contribution in [3.8, 4) is 0 Å². The fourth-order valence-corrected chi connectivity index (χ4v) is 1.92. The normalized spacial score (nSPS) is 18.6. The average molecular weight is 235 g/mol. The van der Waals surface area contributed by atoms with E-state index < -0.39 is 5.60 Å². The summed E-state index contributed by atoms with van der Waals surface area (Å²) in [5.74, 6) is 0.368. The fourth-order valence-electron chi connectivity index (χ4n) is 1.92. The van der Waals surface area contributed by atoms with Crippen molar-refractivity contribution in [1.82, 2.24) is 5.32 Å². The van der Waals surface area contributed by atoms with Crippen LogP contribution < -0.4 is 5.32 Å². The first-order valence-electron chi connectivity index (χ1n) is 5.83. The highest BCUT2D eigenvalue weighted by molar-refractivity contribution is 5.93. The summed E-state index contributed by atoms with van der Waals surface area (Å²) in [5.41, 5.74) is -0.349. The first kappa shape index (κ1) is 11.9. The van der Waals surface area contributed by atoms with Crippen LogP contribution in [0.25, 0.3) is 0 Å². The van der Waals surface area contributed by atoms with E-state index in [9.17, 15) is 9.90 Å². The molecule has 17 heavy (non-hydrogen) atoms. The molecule has 1 aliphatic carbocycles. The van der Waals surface area contributed by atoms with Gasteiger partial charge in [-0.1, -0.05) is 6.08 Å². The van der Waals surface area contributed by atoms with Crippen molar-refractivity contribution in [3.63, 3.8) is 0 Å². The van der Waals surface area contributed by atoms with E-state index in [4.69, 9.17) is 4.42 Å². The summed E-state index contributed by atoms with van der Waals surface area (Å²) in [5, 5.41) is 12.9. The average Bonchev–Trinajstić information content (AvgIpc) is 2.97. The monoisotopic (exact) mass is 235 g/mol. The highest BCUT2D eigenvalue weighted by Crippen LogP contribution is 2.21. The topological polar surface area (TPSA) is 62.5 Å². The zero-order valence-corrected chi connectivity index (χ0v) is 9.90. The Hall–Kier alpha value is -1.55. The molecule has 0 aromatic carbocycles. The molecule has 1 aromatic heterocycles. The predicted molar refractivity (Wildman–Crippen MR) is 63.2 cm³/mol.